The number of nitrogens with one attached hydrogen (secondary N) is 1. The molecule has 0 unspecified atom stereocenters. The van der Waals surface area contributed by atoms with Crippen LogP contribution in [0.5, 0.6) is 5.75 Å². The minimum Gasteiger partial charge on any atom is -0.497 e. The fraction of sp³-hybridized carbons (Fsp3) is 0.357. The van der Waals surface area contributed by atoms with E-state index in [1.54, 1.807) is 11.8 Å². The molecule has 3 N–H and O–H groups in total. The summed E-state index contributed by atoms with van der Waals surface area (Å²) in [6.45, 7) is 3.29. The summed E-state index contributed by atoms with van der Waals surface area (Å²) in [6, 6.07) is 7.58. The van der Waals surface area contributed by atoms with Crippen LogP contribution < -0.4 is 15.8 Å². The van der Waals surface area contributed by atoms with Crippen LogP contribution in [0.2, 0.25) is 0 Å². The van der Waals surface area contributed by atoms with Crippen molar-refractivity contribution >= 4 is 29.9 Å². The molecular formula is C14H21IN6O. The molecule has 8 heteroatoms. The Morgan fingerprint density at radius 3 is 2.73 bits per heavy atom. The zero-order chi connectivity index (χ0) is 15.1. The van der Waals surface area contributed by atoms with Gasteiger partial charge in [-0.1, -0.05) is 12.1 Å². The van der Waals surface area contributed by atoms with Crippen molar-refractivity contribution in [1.82, 2.24) is 20.3 Å². The molecule has 0 spiro atoms. The van der Waals surface area contributed by atoms with Crippen molar-refractivity contribution in [3.63, 3.8) is 0 Å². The Morgan fingerprint density at radius 1 is 1.36 bits per heavy atom. The summed E-state index contributed by atoms with van der Waals surface area (Å²) in [7, 11) is 1.64. The van der Waals surface area contributed by atoms with Gasteiger partial charge in [-0.3, -0.25) is 0 Å². The van der Waals surface area contributed by atoms with E-state index < -0.39 is 0 Å². The number of aromatic nitrogens is 3. The molecule has 2 rings (SSSR count). The highest BCUT2D eigenvalue weighted by Crippen LogP contribution is 2.14. The van der Waals surface area contributed by atoms with Crippen molar-refractivity contribution in [2.24, 2.45) is 10.7 Å². The lowest BCUT2D eigenvalue weighted by atomic mass is 10.3. The van der Waals surface area contributed by atoms with E-state index in [-0.39, 0.29) is 24.0 Å². The zero-order valence-electron chi connectivity index (χ0n) is 12.7. The second-order valence-electron chi connectivity index (χ2n) is 4.48. The molecule has 1 aromatic heterocycles. The third-order valence-corrected chi connectivity index (χ3v) is 2.85. The Balaban J connectivity index is 0.00000242. The summed E-state index contributed by atoms with van der Waals surface area (Å²) in [5, 5.41) is 11.2. The van der Waals surface area contributed by atoms with Crippen LogP contribution in [0.15, 0.2) is 35.5 Å². The van der Waals surface area contributed by atoms with Gasteiger partial charge in [0.2, 0.25) is 0 Å². The number of hydrogen-bond acceptors (Lipinski definition) is 4. The van der Waals surface area contributed by atoms with E-state index in [1.165, 1.54) is 0 Å². The first-order chi connectivity index (χ1) is 10.2. The van der Waals surface area contributed by atoms with Crippen molar-refractivity contribution in [3.05, 3.63) is 36.2 Å². The monoisotopic (exact) mass is 416 g/mol. The van der Waals surface area contributed by atoms with Crippen molar-refractivity contribution in [2.75, 3.05) is 13.7 Å². The number of rotatable bonds is 6. The number of halogens is 1. The SMILES string of the molecule is CCCNC(N)=NCc1cn(-c2ccc(OC)cc2)nn1.I. The van der Waals surface area contributed by atoms with E-state index in [4.69, 9.17) is 10.5 Å². The minimum absolute atomic E-state index is 0. The van der Waals surface area contributed by atoms with Gasteiger partial charge < -0.3 is 15.8 Å². The van der Waals surface area contributed by atoms with Gasteiger partial charge in [-0.05, 0) is 30.7 Å². The normalized spacial score (nSPS) is 10.9. The van der Waals surface area contributed by atoms with E-state index in [0.717, 1.165) is 30.1 Å². The highest BCUT2D eigenvalue weighted by Gasteiger charge is 2.03. The molecule has 0 fully saturated rings. The van der Waals surface area contributed by atoms with E-state index in [2.05, 4.69) is 27.5 Å². The molecule has 0 amide bonds. The maximum Gasteiger partial charge on any atom is 0.188 e. The summed E-state index contributed by atoms with van der Waals surface area (Å²) >= 11 is 0. The molecule has 0 aliphatic rings. The Labute approximate surface area is 147 Å². The van der Waals surface area contributed by atoms with Crippen molar-refractivity contribution in [3.8, 4) is 11.4 Å². The standard InChI is InChI=1S/C14H20N6O.HI/c1-3-8-16-14(15)17-9-11-10-20(19-18-11)12-4-6-13(21-2)7-5-12;/h4-7,10H,3,8-9H2,1-2H3,(H3,15,16,17);1H. The number of benzene rings is 1. The van der Waals surface area contributed by atoms with Crippen LogP contribution in [0.25, 0.3) is 5.69 Å². The van der Waals surface area contributed by atoms with Crippen LogP contribution in [0.4, 0.5) is 0 Å². The molecule has 0 saturated heterocycles. The van der Waals surface area contributed by atoms with Gasteiger partial charge in [0.1, 0.15) is 11.4 Å². The Morgan fingerprint density at radius 2 is 2.09 bits per heavy atom. The fourth-order valence-electron chi connectivity index (χ4n) is 1.71. The second kappa shape index (κ2) is 9.23. The largest absolute Gasteiger partial charge is 0.497 e. The van der Waals surface area contributed by atoms with Crippen molar-refractivity contribution in [1.29, 1.82) is 0 Å². The van der Waals surface area contributed by atoms with Gasteiger partial charge >= 0.3 is 0 Å². The zero-order valence-corrected chi connectivity index (χ0v) is 15.0. The first kappa shape index (κ1) is 18.2. The molecule has 0 bridgehead atoms. The first-order valence-electron chi connectivity index (χ1n) is 6.82. The van der Waals surface area contributed by atoms with Crippen LogP contribution in [0.3, 0.4) is 0 Å². The highest BCUT2D eigenvalue weighted by atomic mass is 127. The summed E-state index contributed by atoms with van der Waals surface area (Å²) < 4.78 is 6.82. The van der Waals surface area contributed by atoms with Gasteiger partial charge in [-0.15, -0.1) is 29.1 Å². The smallest absolute Gasteiger partial charge is 0.188 e. The molecule has 0 saturated carbocycles. The average Bonchev–Trinajstić information content (AvgIpc) is 3.00. The predicted molar refractivity (Wildman–Crippen MR) is 96.9 cm³/mol. The van der Waals surface area contributed by atoms with Gasteiger partial charge in [0, 0.05) is 6.54 Å². The lowest BCUT2D eigenvalue weighted by Gasteiger charge is -2.02. The maximum absolute atomic E-state index is 5.73. The van der Waals surface area contributed by atoms with E-state index >= 15 is 0 Å². The molecule has 0 radical (unpaired) electrons. The molecule has 1 aromatic carbocycles. The van der Waals surface area contributed by atoms with Crippen LogP contribution in [-0.4, -0.2) is 34.6 Å². The number of guanidine groups is 1. The number of nitrogens with two attached hydrogens (primary N) is 1. The Hall–Kier alpha value is -1.84. The number of ether oxygens (including phenoxy) is 1. The molecular weight excluding hydrogens is 395 g/mol. The van der Waals surface area contributed by atoms with Crippen LogP contribution in [-0.2, 0) is 6.54 Å². The molecule has 0 aliphatic heterocycles. The number of methoxy groups -OCH3 is 1. The predicted octanol–water partition coefficient (Wildman–Crippen LogP) is 1.71. The molecule has 7 nitrogen and oxygen atoms in total. The molecule has 22 heavy (non-hydrogen) atoms. The maximum atomic E-state index is 5.73. The summed E-state index contributed by atoms with van der Waals surface area (Å²) in [6.07, 6.45) is 2.84. The van der Waals surface area contributed by atoms with Crippen LogP contribution >= 0.6 is 24.0 Å². The first-order valence-corrected chi connectivity index (χ1v) is 6.82. The van der Waals surface area contributed by atoms with Gasteiger partial charge in [0.15, 0.2) is 5.96 Å². The fourth-order valence-corrected chi connectivity index (χ4v) is 1.71. The molecule has 0 atom stereocenters. The quantitative estimate of drug-likeness (QED) is 0.425. The molecule has 120 valence electrons. The second-order valence-corrected chi connectivity index (χ2v) is 4.48. The van der Waals surface area contributed by atoms with Gasteiger partial charge in [-0.25, -0.2) is 9.67 Å². The molecule has 2 aromatic rings. The van der Waals surface area contributed by atoms with Gasteiger partial charge in [-0.2, -0.15) is 0 Å². The Kier molecular flexibility index (Phi) is 7.64. The Bertz CT molecular complexity index is 596. The number of nitrogens with zero attached hydrogens (tertiary/aromatic N) is 4. The summed E-state index contributed by atoms with van der Waals surface area (Å²) in [5.74, 6) is 1.23. The molecule has 0 aliphatic carbocycles. The van der Waals surface area contributed by atoms with Crippen molar-refractivity contribution in [2.45, 2.75) is 19.9 Å². The topological polar surface area (TPSA) is 90.3 Å². The van der Waals surface area contributed by atoms with Gasteiger partial charge in [0.05, 0.1) is 25.5 Å². The number of aliphatic imine (C=N–C) groups is 1. The van der Waals surface area contributed by atoms with E-state index in [1.807, 2.05) is 30.5 Å². The third kappa shape index (κ3) is 5.17. The molecule has 1 heterocycles. The average molecular weight is 416 g/mol. The lowest BCUT2D eigenvalue weighted by Crippen LogP contribution is -2.32. The van der Waals surface area contributed by atoms with E-state index in [0.29, 0.717) is 12.5 Å². The van der Waals surface area contributed by atoms with Gasteiger partial charge in [0.25, 0.3) is 0 Å². The van der Waals surface area contributed by atoms with E-state index in [9.17, 15) is 0 Å². The van der Waals surface area contributed by atoms with Crippen LogP contribution in [0.1, 0.15) is 19.0 Å². The highest BCUT2D eigenvalue weighted by molar-refractivity contribution is 14.0. The summed E-state index contributed by atoms with van der Waals surface area (Å²) in [4.78, 5) is 4.21. The van der Waals surface area contributed by atoms with Crippen LogP contribution in [0, 0.1) is 0 Å². The third-order valence-electron chi connectivity index (χ3n) is 2.85. The summed E-state index contributed by atoms with van der Waals surface area (Å²) in [5.41, 5.74) is 7.40. The minimum atomic E-state index is 0. The number of hydrogen-bond donors (Lipinski definition) is 2. The lowest BCUT2D eigenvalue weighted by molar-refractivity contribution is 0.414. The van der Waals surface area contributed by atoms with Crippen molar-refractivity contribution < 1.29 is 4.74 Å².